The van der Waals surface area contributed by atoms with Gasteiger partial charge < -0.3 is 10.0 Å². The fourth-order valence-corrected chi connectivity index (χ4v) is 3.37. The van der Waals surface area contributed by atoms with Crippen LogP contribution in [0, 0.1) is 16.0 Å². The Kier molecular flexibility index (Phi) is 5.41. The van der Waals surface area contributed by atoms with Gasteiger partial charge in [-0.25, -0.2) is 0 Å². The molecule has 2 aromatic rings. The van der Waals surface area contributed by atoms with Gasteiger partial charge in [0.15, 0.2) is 0 Å². The first-order valence-corrected chi connectivity index (χ1v) is 8.66. The summed E-state index contributed by atoms with van der Waals surface area (Å²) in [5.74, 6) is -2.17. The Labute approximate surface area is 159 Å². The van der Waals surface area contributed by atoms with Crippen LogP contribution in [-0.2, 0) is 16.1 Å². The van der Waals surface area contributed by atoms with Crippen molar-refractivity contribution in [1.82, 2.24) is 14.7 Å². The third-order valence-corrected chi connectivity index (χ3v) is 4.93. The van der Waals surface area contributed by atoms with E-state index in [2.05, 4.69) is 5.10 Å². The number of hydrogen-bond donors (Lipinski definition) is 1. The molecular formula is C17H17ClN4O5. The molecule has 3 rings (SSSR count). The summed E-state index contributed by atoms with van der Waals surface area (Å²) in [6.45, 7) is 0.615. The number of carbonyl (C=O) groups excluding carboxylic acids is 1. The maximum absolute atomic E-state index is 12.5. The van der Waals surface area contributed by atoms with Gasteiger partial charge in [0, 0.05) is 37.0 Å². The van der Waals surface area contributed by atoms with Crippen molar-refractivity contribution in [3.63, 3.8) is 0 Å². The molecule has 0 spiro atoms. The van der Waals surface area contributed by atoms with Crippen molar-refractivity contribution >= 4 is 29.2 Å². The number of carbonyl (C=O) groups is 2. The van der Waals surface area contributed by atoms with Crippen LogP contribution in [0.2, 0.25) is 5.02 Å². The molecule has 2 atom stereocenters. The van der Waals surface area contributed by atoms with E-state index in [1.165, 1.54) is 15.8 Å². The van der Waals surface area contributed by atoms with Gasteiger partial charge in [0.25, 0.3) is 0 Å². The Balaban J connectivity index is 1.65. The van der Waals surface area contributed by atoms with Gasteiger partial charge in [-0.3, -0.25) is 24.4 Å². The van der Waals surface area contributed by atoms with Crippen molar-refractivity contribution in [3.05, 3.63) is 57.4 Å². The molecule has 1 aromatic carbocycles. The molecular weight excluding hydrogens is 376 g/mol. The predicted octanol–water partition coefficient (Wildman–Crippen LogP) is 2.16. The van der Waals surface area contributed by atoms with Crippen molar-refractivity contribution in [2.45, 2.75) is 18.9 Å². The summed E-state index contributed by atoms with van der Waals surface area (Å²) < 4.78 is 1.33. The van der Waals surface area contributed by atoms with Gasteiger partial charge in [-0.2, -0.15) is 5.10 Å². The molecule has 0 aliphatic carbocycles. The van der Waals surface area contributed by atoms with Crippen LogP contribution in [0.15, 0.2) is 36.7 Å². The number of hydrogen-bond acceptors (Lipinski definition) is 5. The Morgan fingerprint density at radius 1 is 1.30 bits per heavy atom. The highest BCUT2D eigenvalue weighted by molar-refractivity contribution is 6.30. The van der Waals surface area contributed by atoms with Crippen molar-refractivity contribution in [2.75, 3.05) is 13.1 Å². The van der Waals surface area contributed by atoms with E-state index >= 15 is 0 Å². The van der Waals surface area contributed by atoms with E-state index < -0.39 is 16.8 Å². The second kappa shape index (κ2) is 7.75. The summed E-state index contributed by atoms with van der Waals surface area (Å²) in [7, 11) is 0. The van der Waals surface area contributed by atoms with Crippen LogP contribution in [0.3, 0.4) is 0 Å². The Hall–Kier alpha value is -2.94. The van der Waals surface area contributed by atoms with E-state index in [-0.39, 0.29) is 37.0 Å². The van der Waals surface area contributed by atoms with Crippen LogP contribution in [0.1, 0.15) is 17.9 Å². The van der Waals surface area contributed by atoms with Crippen LogP contribution in [0.4, 0.5) is 5.69 Å². The van der Waals surface area contributed by atoms with Gasteiger partial charge in [-0.15, -0.1) is 0 Å². The Morgan fingerprint density at radius 3 is 2.59 bits per heavy atom. The molecule has 1 amide bonds. The van der Waals surface area contributed by atoms with Crippen molar-refractivity contribution in [1.29, 1.82) is 0 Å². The number of carboxylic acids is 1. The number of nitro groups is 1. The van der Waals surface area contributed by atoms with Crippen molar-refractivity contribution in [3.8, 4) is 0 Å². The van der Waals surface area contributed by atoms with Gasteiger partial charge >= 0.3 is 11.7 Å². The smallest absolute Gasteiger partial charge is 0.308 e. The number of carboxylic acid groups (broad SMARTS) is 1. The number of likely N-dealkylation sites (tertiary alicyclic amines) is 1. The maximum atomic E-state index is 12.5. The third kappa shape index (κ3) is 4.25. The molecule has 1 saturated heterocycles. The van der Waals surface area contributed by atoms with Gasteiger partial charge in [0.2, 0.25) is 5.91 Å². The first-order chi connectivity index (χ1) is 12.8. The van der Waals surface area contributed by atoms with E-state index in [0.717, 1.165) is 11.8 Å². The molecule has 0 saturated carbocycles. The zero-order valence-corrected chi connectivity index (χ0v) is 15.0. The molecule has 10 heteroatoms. The quantitative estimate of drug-likeness (QED) is 0.594. The van der Waals surface area contributed by atoms with E-state index in [4.69, 9.17) is 11.6 Å². The Morgan fingerprint density at radius 2 is 2.00 bits per heavy atom. The summed E-state index contributed by atoms with van der Waals surface area (Å²) in [5.41, 5.74) is 0.683. The van der Waals surface area contributed by atoms with Crippen LogP contribution in [0.25, 0.3) is 0 Å². The van der Waals surface area contributed by atoms with E-state index in [1.54, 1.807) is 24.3 Å². The predicted molar refractivity (Wildman–Crippen MR) is 95.4 cm³/mol. The zero-order chi connectivity index (χ0) is 19.6. The second-order valence-electron chi connectivity index (χ2n) is 6.37. The summed E-state index contributed by atoms with van der Waals surface area (Å²) in [6.07, 6.45) is 2.46. The average molecular weight is 393 g/mol. The first-order valence-electron chi connectivity index (χ1n) is 8.28. The van der Waals surface area contributed by atoms with E-state index in [0.29, 0.717) is 11.6 Å². The fourth-order valence-electron chi connectivity index (χ4n) is 3.24. The molecule has 142 valence electrons. The van der Waals surface area contributed by atoms with Gasteiger partial charge in [-0.1, -0.05) is 23.7 Å². The van der Waals surface area contributed by atoms with Crippen LogP contribution in [0.5, 0.6) is 0 Å². The largest absolute Gasteiger partial charge is 0.481 e. The molecule has 1 fully saturated rings. The number of aliphatic carboxylic acids is 1. The minimum atomic E-state index is -0.951. The van der Waals surface area contributed by atoms with Crippen LogP contribution < -0.4 is 0 Å². The highest BCUT2D eigenvalue weighted by Crippen LogP contribution is 2.33. The SMILES string of the molecule is O=C(O)[C@@H]1CN(C(=O)CCn2cc([N+](=O)[O-])cn2)C[C@H]1c1ccc(Cl)cc1. The molecule has 27 heavy (non-hydrogen) atoms. The lowest BCUT2D eigenvalue weighted by atomic mass is 9.89. The van der Waals surface area contributed by atoms with E-state index in [9.17, 15) is 24.8 Å². The fraction of sp³-hybridized carbons (Fsp3) is 0.353. The minimum Gasteiger partial charge on any atom is -0.481 e. The molecule has 0 radical (unpaired) electrons. The molecule has 1 aliphatic heterocycles. The molecule has 1 aliphatic rings. The number of nitrogens with zero attached hydrogens (tertiary/aromatic N) is 4. The highest BCUT2D eigenvalue weighted by Gasteiger charge is 2.40. The third-order valence-electron chi connectivity index (χ3n) is 4.67. The lowest BCUT2D eigenvalue weighted by Crippen LogP contribution is -2.30. The second-order valence-corrected chi connectivity index (χ2v) is 6.81. The van der Waals surface area contributed by atoms with Crippen molar-refractivity contribution in [2.24, 2.45) is 5.92 Å². The molecule has 0 unspecified atom stereocenters. The zero-order valence-electron chi connectivity index (χ0n) is 14.2. The number of aromatic nitrogens is 2. The summed E-state index contributed by atoms with van der Waals surface area (Å²) in [6, 6.07) is 6.95. The normalized spacial score (nSPS) is 19.2. The lowest BCUT2D eigenvalue weighted by Gasteiger charge is -2.16. The number of benzene rings is 1. The number of aryl methyl sites for hydroxylation is 1. The molecule has 1 N–H and O–H groups in total. The highest BCUT2D eigenvalue weighted by atomic mass is 35.5. The average Bonchev–Trinajstić information content (AvgIpc) is 3.28. The first kappa shape index (κ1) is 18.8. The number of amides is 1. The topological polar surface area (TPSA) is 119 Å². The maximum Gasteiger partial charge on any atom is 0.308 e. The van der Waals surface area contributed by atoms with Gasteiger partial charge in [0.1, 0.15) is 12.4 Å². The molecule has 9 nitrogen and oxygen atoms in total. The van der Waals surface area contributed by atoms with Crippen molar-refractivity contribution < 1.29 is 19.6 Å². The summed E-state index contributed by atoms with van der Waals surface area (Å²) in [4.78, 5) is 35.8. The van der Waals surface area contributed by atoms with Crippen LogP contribution >= 0.6 is 11.6 Å². The van der Waals surface area contributed by atoms with Crippen LogP contribution in [-0.4, -0.2) is 49.7 Å². The minimum absolute atomic E-state index is 0.0819. The summed E-state index contributed by atoms with van der Waals surface area (Å²) >= 11 is 5.89. The van der Waals surface area contributed by atoms with E-state index in [1.807, 2.05) is 0 Å². The number of rotatable bonds is 6. The molecule has 0 bridgehead atoms. The molecule has 1 aromatic heterocycles. The van der Waals surface area contributed by atoms with Gasteiger partial charge in [-0.05, 0) is 17.7 Å². The molecule has 2 heterocycles. The monoisotopic (exact) mass is 392 g/mol. The lowest BCUT2D eigenvalue weighted by molar-refractivity contribution is -0.385. The Bertz CT molecular complexity index is 866. The standard InChI is InChI=1S/C17H17ClN4O5/c18-12-3-1-11(2-4-12)14-9-20(10-15(14)17(24)25)16(23)5-6-21-8-13(7-19-21)22(26)27/h1-4,7-8,14-15H,5-6,9-10H2,(H,24,25)/t14-,15+/m0/s1. The van der Waals surface area contributed by atoms with Gasteiger partial charge in [0.05, 0.1) is 10.8 Å². The number of halogens is 1. The summed E-state index contributed by atoms with van der Waals surface area (Å²) in [5, 5.41) is 24.6.